The first-order valence-corrected chi connectivity index (χ1v) is 24.6. The van der Waals surface area contributed by atoms with Gasteiger partial charge in [-0.05, 0) is 71.8 Å². The van der Waals surface area contributed by atoms with Crippen molar-refractivity contribution in [1.29, 1.82) is 0 Å². The Morgan fingerprint density at radius 2 is 1.42 bits per heavy atom. The number of amides is 3. The van der Waals surface area contributed by atoms with Crippen LogP contribution in [0.2, 0.25) is 0 Å². The molecule has 2 aliphatic rings. The van der Waals surface area contributed by atoms with E-state index in [1.54, 1.807) is 32.4 Å². The molecule has 0 radical (unpaired) electrons. The number of aromatic nitrogens is 1. The summed E-state index contributed by atoms with van der Waals surface area (Å²) >= 11 is 0. The molecule has 0 bridgehead atoms. The molecule has 7 N–H and O–H groups in total. The van der Waals surface area contributed by atoms with E-state index in [0.29, 0.717) is 70.5 Å². The van der Waals surface area contributed by atoms with Crippen LogP contribution < -0.4 is 45.4 Å². The van der Waals surface area contributed by atoms with Gasteiger partial charge in [0.2, 0.25) is 12.2 Å². The monoisotopic (exact) mass is 1010 g/mol. The van der Waals surface area contributed by atoms with Crippen molar-refractivity contribution in [3.8, 4) is 28.7 Å². The molecule has 1 aromatic heterocycles. The first-order valence-electron chi connectivity index (χ1n) is 24.6. The van der Waals surface area contributed by atoms with Gasteiger partial charge in [0.1, 0.15) is 18.8 Å². The van der Waals surface area contributed by atoms with Gasteiger partial charge in [0.05, 0.1) is 75.7 Å². The van der Waals surface area contributed by atoms with Crippen molar-refractivity contribution in [3.05, 3.63) is 137 Å². The van der Waals surface area contributed by atoms with Gasteiger partial charge in [-0.1, -0.05) is 44.2 Å². The second-order valence-electron chi connectivity index (χ2n) is 17.9. The van der Waals surface area contributed by atoms with Crippen LogP contribution in [0.5, 0.6) is 28.7 Å². The number of ether oxygens (including phenoxy) is 6. The van der Waals surface area contributed by atoms with Gasteiger partial charge < -0.3 is 64.8 Å². The molecule has 4 atom stereocenters. The number of methoxy groups -OCH3 is 4. The number of para-hydroxylation sites is 1. The number of quaternary nitrogens is 1. The number of carboxylic acids is 1. The number of carbonyl (C=O) groups excluding carboxylic acids is 3. The molecular formula is C56H65N6O12+. The van der Waals surface area contributed by atoms with Crippen molar-refractivity contribution in [1.82, 2.24) is 4.98 Å². The number of nitrogens with two attached hydrogens (primary N) is 1. The molecule has 1 fully saturated rings. The fourth-order valence-corrected chi connectivity index (χ4v) is 9.27. The molecule has 18 nitrogen and oxygen atoms in total. The van der Waals surface area contributed by atoms with Gasteiger partial charge in [-0.3, -0.25) is 19.4 Å². The molecule has 3 heterocycles. The second-order valence-corrected chi connectivity index (χ2v) is 17.9. The summed E-state index contributed by atoms with van der Waals surface area (Å²) in [6.45, 7) is 6.82. The highest BCUT2D eigenvalue weighted by Crippen LogP contribution is 2.39. The lowest BCUT2D eigenvalue weighted by Crippen LogP contribution is -2.51. The summed E-state index contributed by atoms with van der Waals surface area (Å²) in [6.07, 6.45) is -0.296. The Kier molecular flexibility index (Phi) is 18.1. The molecular weight excluding hydrogens is 949 g/mol. The maximum atomic E-state index is 14.0. The molecule has 18 heteroatoms. The molecule has 0 saturated carbocycles. The Bertz CT molecular complexity index is 2970. The van der Waals surface area contributed by atoms with Crippen LogP contribution in [0.15, 0.2) is 103 Å². The minimum Gasteiger partial charge on any atom is -0.493 e. The maximum Gasteiger partial charge on any atom is 0.333 e. The molecule has 4 unspecified atom stereocenters. The van der Waals surface area contributed by atoms with E-state index in [1.165, 1.54) is 26.5 Å². The molecule has 74 heavy (non-hydrogen) atoms. The molecule has 390 valence electrons. The third kappa shape index (κ3) is 13.1. The number of aliphatic hydroxyl groups is 1. The summed E-state index contributed by atoms with van der Waals surface area (Å²) in [5, 5.41) is 29.6. The number of nitrogens with zero attached hydrogens (tertiary/aromatic N) is 2. The van der Waals surface area contributed by atoms with Crippen molar-refractivity contribution in [2.75, 3.05) is 64.0 Å². The van der Waals surface area contributed by atoms with Gasteiger partial charge in [-0.2, -0.15) is 0 Å². The van der Waals surface area contributed by atoms with Crippen LogP contribution in [0.25, 0.3) is 10.9 Å². The first kappa shape index (κ1) is 54.0. The van der Waals surface area contributed by atoms with Crippen LogP contribution in [0.3, 0.4) is 0 Å². The van der Waals surface area contributed by atoms with Crippen LogP contribution in [0.1, 0.15) is 76.1 Å². The Hall–Kier alpha value is -7.77. The van der Waals surface area contributed by atoms with Gasteiger partial charge >= 0.3 is 5.97 Å². The number of fused-ring (bicyclic) bond motifs is 2. The van der Waals surface area contributed by atoms with Gasteiger partial charge in [0.25, 0.3) is 11.8 Å². The third-order valence-electron chi connectivity index (χ3n) is 13.0. The van der Waals surface area contributed by atoms with E-state index in [-0.39, 0.29) is 48.7 Å². The largest absolute Gasteiger partial charge is 0.493 e. The van der Waals surface area contributed by atoms with Crippen LogP contribution >= 0.6 is 0 Å². The third-order valence-corrected chi connectivity index (χ3v) is 13.0. The number of nitrogens with one attached hydrogen (secondary N) is 3. The quantitative estimate of drug-likeness (QED) is 0.0426. The predicted molar refractivity (Wildman–Crippen MR) is 280 cm³/mol. The van der Waals surface area contributed by atoms with Crippen molar-refractivity contribution in [2.45, 2.75) is 77.5 Å². The van der Waals surface area contributed by atoms with Gasteiger partial charge in [-0.15, -0.1) is 0 Å². The van der Waals surface area contributed by atoms with E-state index >= 15 is 0 Å². The molecule has 1 saturated heterocycles. The SMILES string of the molecule is CC.COc1cc2c(cc1OC)C[N+](CCc1ccc(NC(=O)c3cc(OC)c(OC)cc3NC(=O)c3cnc4ccccc4c3)cc1)(Cc1ccc(OC3CC(O)CC(C(=O)O)O3)c(NC(=O)CCN)c1)CC2. The molecule has 8 rings (SSSR count). The number of rotatable bonds is 19. The first-order chi connectivity index (χ1) is 35.8. The standard InChI is InChI=1S/C54H58N6O12.C2H6/c1-67-45-23-34-17-20-60(31-37(34)24-46(45)68-2,30-33-11-14-44(43(21-33)58-50(62)15-18-55)71-51-26-39(61)25-49(72-51)54(65)66)19-16-32-9-12-38(13-10-32)57-53(64)40-27-47(69-3)48(70-4)28-42(40)59-52(63)36-22-35-7-5-6-8-41(35)56-29-36;1-2/h5-14,21-24,27-29,39,49,51,61H,15-20,25-26,30-31,55H2,1-4H3,(H3-,57,58,59,62,63,64,65,66);1-2H3/p+1. The van der Waals surface area contributed by atoms with Gasteiger partial charge in [0, 0.05) is 73.1 Å². The summed E-state index contributed by atoms with van der Waals surface area (Å²) in [6, 6.07) is 29.5. The minimum atomic E-state index is -1.24. The van der Waals surface area contributed by atoms with Crippen LogP contribution in [0.4, 0.5) is 17.1 Å². The van der Waals surface area contributed by atoms with Crippen molar-refractivity contribution in [2.24, 2.45) is 5.73 Å². The molecule has 3 amide bonds. The number of benzene rings is 5. The molecule has 5 aromatic carbocycles. The lowest BCUT2D eigenvalue weighted by Gasteiger charge is -2.43. The number of carbonyl (C=O) groups is 4. The van der Waals surface area contributed by atoms with Crippen molar-refractivity contribution < 1.29 is 62.3 Å². The van der Waals surface area contributed by atoms with Crippen LogP contribution in [-0.2, 0) is 40.3 Å². The summed E-state index contributed by atoms with van der Waals surface area (Å²) < 4.78 is 34.8. The van der Waals surface area contributed by atoms with Gasteiger partial charge in [-0.25, -0.2) is 4.79 Å². The summed E-state index contributed by atoms with van der Waals surface area (Å²) in [5.41, 5.74) is 12.3. The van der Waals surface area contributed by atoms with Crippen LogP contribution in [0, 0.1) is 0 Å². The average Bonchev–Trinajstić information content (AvgIpc) is 3.41. The zero-order chi connectivity index (χ0) is 52.9. The zero-order valence-electron chi connectivity index (χ0n) is 42.6. The second kappa shape index (κ2) is 24.8. The molecule has 0 spiro atoms. The Balaban J connectivity index is 0.00000395. The highest BCUT2D eigenvalue weighted by Gasteiger charge is 2.36. The van der Waals surface area contributed by atoms with E-state index < -0.39 is 36.3 Å². The maximum absolute atomic E-state index is 14.0. The topological polar surface area (TPSA) is 239 Å². The Labute approximate surface area is 430 Å². The van der Waals surface area contributed by atoms with Gasteiger partial charge in [0.15, 0.2) is 29.1 Å². The summed E-state index contributed by atoms with van der Waals surface area (Å²) in [4.78, 5) is 56.8. The fourth-order valence-electron chi connectivity index (χ4n) is 9.27. The highest BCUT2D eigenvalue weighted by molar-refractivity contribution is 6.13. The van der Waals surface area contributed by atoms with E-state index in [1.807, 2.05) is 86.6 Å². The summed E-state index contributed by atoms with van der Waals surface area (Å²) in [5.74, 6) is -0.289. The average molecular weight is 1010 g/mol. The lowest BCUT2D eigenvalue weighted by molar-refractivity contribution is -0.955. The van der Waals surface area contributed by atoms with Crippen molar-refractivity contribution >= 4 is 51.7 Å². The number of pyridine rings is 1. The number of carboxylic acid groups (broad SMARTS) is 1. The minimum absolute atomic E-state index is 0.0484. The predicted octanol–water partition coefficient (Wildman–Crippen LogP) is 7.73. The van der Waals surface area contributed by atoms with E-state index in [9.17, 15) is 29.4 Å². The summed E-state index contributed by atoms with van der Waals surface area (Å²) in [7, 11) is 6.17. The highest BCUT2D eigenvalue weighted by atomic mass is 16.7. The lowest BCUT2D eigenvalue weighted by atomic mass is 9.94. The normalized spacial score (nSPS) is 17.9. The van der Waals surface area contributed by atoms with E-state index in [4.69, 9.17) is 34.2 Å². The number of aliphatic carboxylic acids is 1. The Morgan fingerprint density at radius 1 is 0.743 bits per heavy atom. The number of anilines is 3. The number of hydrogen-bond acceptors (Lipinski definition) is 13. The number of aliphatic hydroxyl groups excluding tert-OH is 1. The fraction of sp³-hybridized carbons (Fsp3) is 0.339. The van der Waals surface area contributed by atoms with E-state index in [2.05, 4.69) is 20.9 Å². The Morgan fingerprint density at radius 3 is 2.12 bits per heavy atom. The van der Waals surface area contributed by atoms with Crippen molar-refractivity contribution in [3.63, 3.8) is 0 Å². The number of hydrogen-bond donors (Lipinski definition) is 6. The molecule has 2 aliphatic heterocycles. The smallest absolute Gasteiger partial charge is 0.333 e. The molecule has 0 aliphatic carbocycles. The molecule has 6 aromatic rings. The van der Waals surface area contributed by atoms with Crippen LogP contribution in [-0.4, -0.2) is 110 Å². The zero-order valence-corrected chi connectivity index (χ0v) is 42.6. The van der Waals surface area contributed by atoms with E-state index in [0.717, 1.165) is 46.1 Å².